The molecule has 0 fully saturated rings. The van der Waals surface area contributed by atoms with Crippen molar-refractivity contribution in [1.29, 1.82) is 0 Å². The Morgan fingerprint density at radius 2 is 2.00 bits per heavy atom. The molecule has 1 aromatic heterocycles. The van der Waals surface area contributed by atoms with Crippen molar-refractivity contribution in [2.45, 2.75) is 34.1 Å². The van der Waals surface area contributed by atoms with Gasteiger partial charge in [-0.15, -0.1) is 11.3 Å². The lowest BCUT2D eigenvalue weighted by Gasteiger charge is -2.27. The zero-order valence-electron chi connectivity index (χ0n) is 13.8. The van der Waals surface area contributed by atoms with E-state index in [-0.39, 0.29) is 17.4 Å². The van der Waals surface area contributed by atoms with Crippen LogP contribution in [0.2, 0.25) is 0 Å². The van der Waals surface area contributed by atoms with Gasteiger partial charge in [-0.1, -0.05) is 27.7 Å². The standard InChI is InChI=1S/C17H22N2O3S/c1-5-8-19(15(22)17(2,3)4)16-18-13(10-23-16)12-7-6-11(20)9-14(12)21/h6-7,9-10,20-21H,5,8H2,1-4H3. The molecular formula is C17H22N2O3S. The quantitative estimate of drug-likeness (QED) is 0.886. The SMILES string of the molecule is CCCN(C(=O)C(C)(C)C)c1nc(-c2ccc(O)cc2O)cs1. The number of phenolic OH excluding ortho intramolecular Hbond substituents is 2. The summed E-state index contributed by atoms with van der Waals surface area (Å²) >= 11 is 1.37. The maximum Gasteiger partial charge on any atom is 0.234 e. The van der Waals surface area contributed by atoms with Gasteiger partial charge in [0.15, 0.2) is 5.13 Å². The van der Waals surface area contributed by atoms with E-state index in [4.69, 9.17) is 0 Å². The minimum atomic E-state index is -0.484. The van der Waals surface area contributed by atoms with Crippen LogP contribution in [0.5, 0.6) is 11.5 Å². The monoisotopic (exact) mass is 334 g/mol. The lowest BCUT2D eigenvalue weighted by Crippen LogP contribution is -2.40. The van der Waals surface area contributed by atoms with Gasteiger partial charge in [-0.3, -0.25) is 9.69 Å². The first-order valence-electron chi connectivity index (χ1n) is 7.54. The molecule has 23 heavy (non-hydrogen) atoms. The first kappa shape index (κ1) is 17.3. The van der Waals surface area contributed by atoms with Crippen molar-refractivity contribution in [3.05, 3.63) is 23.6 Å². The molecule has 0 radical (unpaired) electrons. The summed E-state index contributed by atoms with van der Waals surface area (Å²) in [4.78, 5) is 18.8. The molecule has 2 rings (SSSR count). The van der Waals surface area contributed by atoms with E-state index >= 15 is 0 Å². The van der Waals surface area contributed by atoms with Crippen LogP contribution in [0, 0.1) is 5.41 Å². The molecule has 1 heterocycles. The number of hydrogen-bond acceptors (Lipinski definition) is 5. The number of hydrogen-bond donors (Lipinski definition) is 2. The number of carbonyl (C=O) groups excluding carboxylic acids is 1. The second-order valence-corrected chi connectivity index (χ2v) is 7.26. The predicted octanol–water partition coefficient (Wildman–Crippen LogP) is 4.01. The number of aromatic nitrogens is 1. The van der Waals surface area contributed by atoms with Crippen molar-refractivity contribution in [1.82, 2.24) is 4.98 Å². The molecule has 0 spiro atoms. The third-order valence-corrected chi connectivity index (χ3v) is 4.18. The van der Waals surface area contributed by atoms with Gasteiger partial charge in [0.05, 0.1) is 5.69 Å². The van der Waals surface area contributed by atoms with Crippen LogP contribution in [0.4, 0.5) is 5.13 Å². The molecule has 0 aliphatic heterocycles. The van der Waals surface area contributed by atoms with E-state index < -0.39 is 5.41 Å². The fourth-order valence-corrected chi connectivity index (χ4v) is 3.01. The maximum absolute atomic E-state index is 12.6. The van der Waals surface area contributed by atoms with Gasteiger partial charge < -0.3 is 10.2 Å². The Labute approximate surface area is 140 Å². The Balaban J connectivity index is 2.37. The summed E-state index contributed by atoms with van der Waals surface area (Å²) in [5, 5.41) is 21.8. The Hall–Kier alpha value is -2.08. The van der Waals surface area contributed by atoms with Gasteiger partial charge in [0.1, 0.15) is 11.5 Å². The number of carbonyl (C=O) groups is 1. The van der Waals surface area contributed by atoms with Gasteiger partial charge in [0.2, 0.25) is 5.91 Å². The largest absolute Gasteiger partial charge is 0.508 e. The first-order chi connectivity index (χ1) is 10.7. The summed E-state index contributed by atoms with van der Waals surface area (Å²) in [7, 11) is 0. The molecule has 6 heteroatoms. The van der Waals surface area contributed by atoms with Crippen molar-refractivity contribution in [2.75, 3.05) is 11.4 Å². The lowest BCUT2D eigenvalue weighted by atomic mass is 9.95. The highest BCUT2D eigenvalue weighted by Crippen LogP contribution is 2.35. The third kappa shape index (κ3) is 3.82. The molecule has 0 aliphatic carbocycles. The maximum atomic E-state index is 12.6. The van der Waals surface area contributed by atoms with E-state index in [0.29, 0.717) is 22.9 Å². The van der Waals surface area contributed by atoms with Crippen molar-refractivity contribution in [3.8, 4) is 22.8 Å². The number of amides is 1. The zero-order valence-corrected chi connectivity index (χ0v) is 14.6. The van der Waals surface area contributed by atoms with E-state index in [0.717, 1.165) is 6.42 Å². The Morgan fingerprint density at radius 3 is 2.57 bits per heavy atom. The minimum Gasteiger partial charge on any atom is -0.508 e. The molecule has 0 unspecified atom stereocenters. The van der Waals surface area contributed by atoms with Crippen LogP contribution in [0.25, 0.3) is 11.3 Å². The van der Waals surface area contributed by atoms with Gasteiger partial charge in [0, 0.05) is 29.0 Å². The second-order valence-electron chi connectivity index (χ2n) is 6.42. The summed E-state index contributed by atoms with van der Waals surface area (Å²) in [5.74, 6) is -0.0153. The average molecular weight is 334 g/mol. The number of benzene rings is 1. The van der Waals surface area contributed by atoms with Gasteiger partial charge in [-0.05, 0) is 18.6 Å². The highest BCUT2D eigenvalue weighted by atomic mass is 32.1. The molecule has 2 N–H and O–H groups in total. The Morgan fingerprint density at radius 1 is 1.30 bits per heavy atom. The topological polar surface area (TPSA) is 73.7 Å². The molecule has 1 amide bonds. The molecule has 1 aromatic carbocycles. The number of anilines is 1. The van der Waals surface area contributed by atoms with Crippen LogP contribution in [-0.2, 0) is 4.79 Å². The molecule has 2 aromatic rings. The third-order valence-electron chi connectivity index (χ3n) is 3.31. The molecule has 0 bridgehead atoms. The Kier molecular flexibility index (Phi) is 4.94. The van der Waals surface area contributed by atoms with Gasteiger partial charge in [-0.2, -0.15) is 0 Å². The number of phenols is 2. The van der Waals surface area contributed by atoms with Gasteiger partial charge >= 0.3 is 0 Å². The fourth-order valence-electron chi connectivity index (χ4n) is 2.16. The van der Waals surface area contributed by atoms with E-state index in [9.17, 15) is 15.0 Å². The molecule has 0 aliphatic rings. The smallest absolute Gasteiger partial charge is 0.234 e. The molecule has 5 nitrogen and oxygen atoms in total. The summed E-state index contributed by atoms with van der Waals surface area (Å²) in [6.45, 7) is 8.28. The number of thiazole rings is 1. The highest BCUT2D eigenvalue weighted by molar-refractivity contribution is 7.14. The van der Waals surface area contributed by atoms with E-state index in [1.54, 1.807) is 16.3 Å². The van der Waals surface area contributed by atoms with Crippen LogP contribution >= 0.6 is 11.3 Å². The van der Waals surface area contributed by atoms with Crippen molar-refractivity contribution >= 4 is 22.4 Å². The summed E-state index contributed by atoms with van der Waals surface area (Å²) in [6, 6.07) is 4.38. The van der Waals surface area contributed by atoms with E-state index in [2.05, 4.69) is 4.98 Å². The normalized spacial score (nSPS) is 11.5. The van der Waals surface area contributed by atoms with Gasteiger partial charge in [0.25, 0.3) is 0 Å². The van der Waals surface area contributed by atoms with Crippen molar-refractivity contribution in [3.63, 3.8) is 0 Å². The van der Waals surface area contributed by atoms with Gasteiger partial charge in [-0.25, -0.2) is 4.98 Å². The average Bonchev–Trinajstić information content (AvgIpc) is 2.92. The highest BCUT2D eigenvalue weighted by Gasteiger charge is 2.29. The molecular weight excluding hydrogens is 312 g/mol. The summed E-state index contributed by atoms with van der Waals surface area (Å²) in [6.07, 6.45) is 0.835. The van der Waals surface area contributed by atoms with E-state index in [1.165, 1.54) is 23.5 Å². The van der Waals surface area contributed by atoms with Crippen LogP contribution in [0.15, 0.2) is 23.6 Å². The minimum absolute atomic E-state index is 0.00257. The van der Waals surface area contributed by atoms with Crippen molar-refractivity contribution in [2.24, 2.45) is 5.41 Å². The van der Waals surface area contributed by atoms with Crippen LogP contribution in [-0.4, -0.2) is 27.6 Å². The first-order valence-corrected chi connectivity index (χ1v) is 8.42. The molecule has 124 valence electrons. The van der Waals surface area contributed by atoms with Crippen LogP contribution in [0.3, 0.4) is 0 Å². The molecule has 0 saturated carbocycles. The number of rotatable bonds is 4. The molecule has 0 atom stereocenters. The zero-order chi connectivity index (χ0) is 17.2. The molecule has 0 saturated heterocycles. The van der Waals surface area contributed by atoms with Crippen molar-refractivity contribution < 1.29 is 15.0 Å². The predicted molar refractivity (Wildman–Crippen MR) is 93.0 cm³/mol. The van der Waals surface area contributed by atoms with Crippen LogP contribution < -0.4 is 4.90 Å². The van der Waals surface area contributed by atoms with Crippen LogP contribution in [0.1, 0.15) is 34.1 Å². The number of nitrogens with zero attached hydrogens (tertiary/aromatic N) is 2. The lowest BCUT2D eigenvalue weighted by molar-refractivity contribution is -0.125. The summed E-state index contributed by atoms with van der Waals surface area (Å²) < 4.78 is 0. The second kappa shape index (κ2) is 6.58. The van der Waals surface area contributed by atoms with E-state index in [1.807, 2.05) is 27.7 Å². The fraction of sp³-hybridized carbons (Fsp3) is 0.412. The summed E-state index contributed by atoms with van der Waals surface area (Å²) in [5.41, 5.74) is 0.636. The number of aromatic hydroxyl groups is 2. The Bertz CT molecular complexity index is 704.